The zero-order chi connectivity index (χ0) is 12.3. The summed E-state index contributed by atoms with van der Waals surface area (Å²) in [5.41, 5.74) is 2.53. The average Bonchev–Trinajstić information content (AvgIpc) is 2.50. The van der Waals surface area contributed by atoms with E-state index in [0.29, 0.717) is 5.41 Å². The van der Waals surface area contributed by atoms with Crippen LogP contribution in [0.1, 0.15) is 38.7 Å². The Bertz CT molecular complexity index is 376. The molecule has 0 radical (unpaired) electrons. The standard InChI is InChI=1S/C14H22N2O/c1-14(2)5-3-8-16(9-6-14)13-10-15-7-4-12(13)11-17/h4,7,10,17H,3,5-6,8-9,11H2,1-2H3. The van der Waals surface area contributed by atoms with Gasteiger partial charge in [0, 0.05) is 24.8 Å². The Labute approximate surface area is 103 Å². The highest BCUT2D eigenvalue weighted by Crippen LogP contribution is 2.32. The monoisotopic (exact) mass is 234 g/mol. The summed E-state index contributed by atoms with van der Waals surface area (Å²) in [5, 5.41) is 9.37. The molecule has 0 atom stereocenters. The summed E-state index contributed by atoms with van der Waals surface area (Å²) in [5.74, 6) is 0. The average molecular weight is 234 g/mol. The van der Waals surface area contributed by atoms with Gasteiger partial charge in [-0.1, -0.05) is 13.8 Å². The van der Waals surface area contributed by atoms with Gasteiger partial charge in [-0.15, -0.1) is 0 Å². The van der Waals surface area contributed by atoms with Gasteiger partial charge in [0.1, 0.15) is 0 Å². The molecular formula is C14H22N2O. The van der Waals surface area contributed by atoms with Crippen molar-refractivity contribution < 1.29 is 5.11 Å². The highest BCUT2D eigenvalue weighted by molar-refractivity contribution is 5.51. The van der Waals surface area contributed by atoms with E-state index in [1.165, 1.54) is 19.3 Å². The molecule has 1 aliphatic rings. The van der Waals surface area contributed by atoms with Gasteiger partial charge in [-0.2, -0.15) is 0 Å². The number of hydrogen-bond acceptors (Lipinski definition) is 3. The zero-order valence-corrected chi connectivity index (χ0v) is 10.8. The van der Waals surface area contributed by atoms with Crippen LogP contribution in [0.5, 0.6) is 0 Å². The van der Waals surface area contributed by atoms with Gasteiger partial charge in [0.2, 0.25) is 0 Å². The fourth-order valence-electron chi connectivity index (χ4n) is 2.50. The first-order chi connectivity index (χ1) is 8.12. The van der Waals surface area contributed by atoms with Gasteiger partial charge in [-0.05, 0) is 30.7 Å². The number of aliphatic hydroxyl groups excluding tert-OH is 1. The number of aromatic nitrogens is 1. The van der Waals surface area contributed by atoms with Gasteiger partial charge in [0.25, 0.3) is 0 Å². The van der Waals surface area contributed by atoms with Crippen molar-refractivity contribution in [2.24, 2.45) is 5.41 Å². The minimum Gasteiger partial charge on any atom is -0.392 e. The SMILES string of the molecule is CC1(C)CCCN(c2cnccc2CO)CC1. The smallest absolute Gasteiger partial charge is 0.0703 e. The van der Waals surface area contributed by atoms with Crippen LogP contribution in [0, 0.1) is 5.41 Å². The highest BCUT2D eigenvalue weighted by Gasteiger charge is 2.23. The highest BCUT2D eigenvalue weighted by atomic mass is 16.3. The maximum atomic E-state index is 9.37. The Balaban J connectivity index is 2.17. The van der Waals surface area contributed by atoms with Crippen LogP contribution in [-0.2, 0) is 6.61 Å². The number of pyridine rings is 1. The van der Waals surface area contributed by atoms with E-state index in [1.54, 1.807) is 6.20 Å². The number of rotatable bonds is 2. The van der Waals surface area contributed by atoms with Crippen LogP contribution < -0.4 is 4.90 Å². The Kier molecular flexibility index (Phi) is 3.67. The molecule has 0 saturated carbocycles. The van der Waals surface area contributed by atoms with Crippen LogP contribution in [0.15, 0.2) is 18.5 Å². The van der Waals surface area contributed by atoms with Gasteiger partial charge in [0.05, 0.1) is 18.5 Å². The third kappa shape index (κ3) is 2.97. The van der Waals surface area contributed by atoms with E-state index in [-0.39, 0.29) is 6.61 Å². The quantitative estimate of drug-likeness (QED) is 0.854. The van der Waals surface area contributed by atoms with Crippen molar-refractivity contribution in [3.8, 4) is 0 Å². The minimum absolute atomic E-state index is 0.0950. The Morgan fingerprint density at radius 3 is 2.94 bits per heavy atom. The summed E-state index contributed by atoms with van der Waals surface area (Å²) < 4.78 is 0. The molecule has 0 spiro atoms. The topological polar surface area (TPSA) is 36.4 Å². The third-order valence-electron chi connectivity index (χ3n) is 3.74. The van der Waals surface area contributed by atoms with Crippen LogP contribution in [0.3, 0.4) is 0 Å². The van der Waals surface area contributed by atoms with E-state index in [2.05, 4.69) is 23.7 Å². The molecule has 0 bridgehead atoms. The maximum Gasteiger partial charge on any atom is 0.0703 e. The summed E-state index contributed by atoms with van der Waals surface area (Å²) in [6.45, 7) is 6.91. The second-order valence-corrected chi connectivity index (χ2v) is 5.67. The van der Waals surface area contributed by atoms with Crippen molar-refractivity contribution >= 4 is 5.69 Å². The van der Waals surface area contributed by atoms with Gasteiger partial charge < -0.3 is 10.0 Å². The van der Waals surface area contributed by atoms with Crippen molar-refractivity contribution in [1.29, 1.82) is 0 Å². The molecule has 1 aliphatic heterocycles. The second kappa shape index (κ2) is 5.05. The molecule has 2 heterocycles. The number of hydrogen-bond donors (Lipinski definition) is 1. The normalized spacial score (nSPS) is 20.1. The lowest BCUT2D eigenvalue weighted by Crippen LogP contribution is -2.26. The predicted octanol–water partition coefficient (Wildman–Crippen LogP) is 2.59. The van der Waals surface area contributed by atoms with E-state index in [4.69, 9.17) is 0 Å². The zero-order valence-electron chi connectivity index (χ0n) is 10.8. The van der Waals surface area contributed by atoms with Crippen LogP contribution in [0.2, 0.25) is 0 Å². The maximum absolute atomic E-state index is 9.37. The summed E-state index contributed by atoms with van der Waals surface area (Å²) >= 11 is 0. The largest absolute Gasteiger partial charge is 0.392 e. The van der Waals surface area contributed by atoms with Gasteiger partial charge in [0.15, 0.2) is 0 Å². The van der Waals surface area contributed by atoms with Crippen molar-refractivity contribution in [2.75, 3.05) is 18.0 Å². The van der Waals surface area contributed by atoms with Crippen LogP contribution >= 0.6 is 0 Å². The fraction of sp³-hybridized carbons (Fsp3) is 0.643. The molecule has 3 nitrogen and oxygen atoms in total. The molecule has 0 aliphatic carbocycles. The first-order valence-electron chi connectivity index (χ1n) is 6.41. The summed E-state index contributed by atoms with van der Waals surface area (Å²) in [6.07, 6.45) is 7.32. The predicted molar refractivity (Wildman–Crippen MR) is 70.0 cm³/mol. The van der Waals surface area contributed by atoms with E-state index in [0.717, 1.165) is 24.3 Å². The molecular weight excluding hydrogens is 212 g/mol. The molecule has 94 valence electrons. The molecule has 0 aromatic carbocycles. The first-order valence-corrected chi connectivity index (χ1v) is 6.41. The van der Waals surface area contributed by atoms with Crippen molar-refractivity contribution in [1.82, 2.24) is 4.98 Å². The summed E-state index contributed by atoms with van der Waals surface area (Å²) in [4.78, 5) is 6.55. The Morgan fingerprint density at radius 1 is 1.35 bits per heavy atom. The fourth-order valence-corrected chi connectivity index (χ4v) is 2.50. The summed E-state index contributed by atoms with van der Waals surface area (Å²) in [7, 11) is 0. The molecule has 1 N–H and O–H groups in total. The van der Waals surface area contributed by atoms with E-state index >= 15 is 0 Å². The summed E-state index contributed by atoms with van der Waals surface area (Å²) in [6, 6.07) is 1.91. The third-order valence-corrected chi connectivity index (χ3v) is 3.74. The molecule has 1 saturated heterocycles. The second-order valence-electron chi connectivity index (χ2n) is 5.67. The number of anilines is 1. The lowest BCUT2D eigenvalue weighted by Gasteiger charge is -2.26. The van der Waals surface area contributed by atoms with Crippen molar-refractivity contribution in [3.63, 3.8) is 0 Å². The molecule has 2 rings (SSSR count). The first kappa shape index (κ1) is 12.4. The number of aliphatic hydroxyl groups is 1. The van der Waals surface area contributed by atoms with Crippen LogP contribution in [-0.4, -0.2) is 23.2 Å². The van der Waals surface area contributed by atoms with Crippen molar-refractivity contribution in [3.05, 3.63) is 24.0 Å². The Morgan fingerprint density at radius 2 is 2.18 bits per heavy atom. The minimum atomic E-state index is 0.0950. The number of nitrogens with zero attached hydrogens (tertiary/aromatic N) is 2. The van der Waals surface area contributed by atoms with Gasteiger partial charge >= 0.3 is 0 Å². The molecule has 0 amide bonds. The van der Waals surface area contributed by atoms with Crippen LogP contribution in [0.25, 0.3) is 0 Å². The lowest BCUT2D eigenvalue weighted by atomic mass is 9.85. The van der Waals surface area contributed by atoms with Crippen LogP contribution in [0.4, 0.5) is 5.69 Å². The lowest BCUT2D eigenvalue weighted by molar-refractivity contribution is 0.282. The molecule has 1 fully saturated rings. The van der Waals surface area contributed by atoms with Gasteiger partial charge in [-0.25, -0.2) is 0 Å². The van der Waals surface area contributed by atoms with Gasteiger partial charge in [-0.3, -0.25) is 4.98 Å². The van der Waals surface area contributed by atoms with E-state index in [1.807, 2.05) is 12.3 Å². The molecule has 17 heavy (non-hydrogen) atoms. The van der Waals surface area contributed by atoms with E-state index < -0.39 is 0 Å². The Hall–Kier alpha value is -1.09. The molecule has 0 unspecified atom stereocenters. The van der Waals surface area contributed by atoms with E-state index in [9.17, 15) is 5.11 Å². The molecule has 1 aromatic heterocycles. The molecule has 1 aromatic rings. The van der Waals surface area contributed by atoms with Crippen molar-refractivity contribution in [2.45, 2.75) is 39.7 Å². The molecule has 3 heteroatoms.